The topological polar surface area (TPSA) is 58.6 Å². The Labute approximate surface area is 102 Å². The Bertz CT molecular complexity index is 365. The molecule has 0 aliphatic rings. The summed E-state index contributed by atoms with van der Waals surface area (Å²) in [6, 6.07) is 7.71. The number of carboxylic acid groups (broad SMARTS) is 1. The van der Waals surface area contributed by atoms with Crippen molar-refractivity contribution in [3.05, 3.63) is 29.8 Å². The highest BCUT2D eigenvalue weighted by molar-refractivity contribution is 5.70. The lowest BCUT2D eigenvalue weighted by Crippen LogP contribution is -2.27. The van der Waals surface area contributed by atoms with Crippen molar-refractivity contribution in [3.8, 4) is 5.75 Å². The van der Waals surface area contributed by atoms with E-state index in [-0.39, 0.29) is 5.92 Å². The zero-order valence-corrected chi connectivity index (χ0v) is 10.3. The van der Waals surface area contributed by atoms with E-state index in [0.717, 1.165) is 11.3 Å². The number of ether oxygens (including phenoxy) is 1. The molecule has 4 heteroatoms. The molecule has 4 nitrogen and oxygen atoms in total. The normalized spacial score (nSPS) is 12.1. The molecule has 0 fully saturated rings. The Morgan fingerprint density at radius 2 is 2.18 bits per heavy atom. The maximum atomic E-state index is 10.8. The third kappa shape index (κ3) is 4.07. The highest BCUT2D eigenvalue weighted by atomic mass is 16.5. The summed E-state index contributed by atoms with van der Waals surface area (Å²) >= 11 is 0. The first-order valence-corrected chi connectivity index (χ1v) is 5.74. The summed E-state index contributed by atoms with van der Waals surface area (Å²) in [6.07, 6.45) is 0.633. The molecule has 0 aliphatic heterocycles. The fourth-order valence-electron chi connectivity index (χ4n) is 1.64. The van der Waals surface area contributed by atoms with E-state index in [4.69, 9.17) is 9.84 Å². The van der Waals surface area contributed by atoms with Gasteiger partial charge in [0.15, 0.2) is 0 Å². The van der Waals surface area contributed by atoms with Crippen LogP contribution in [0, 0.1) is 5.92 Å². The lowest BCUT2D eigenvalue weighted by molar-refractivity contribution is -0.141. The van der Waals surface area contributed by atoms with Gasteiger partial charge >= 0.3 is 5.97 Å². The Hall–Kier alpha value is -1.55. The van der Waals surface area contributed by atoms with E-state index in [1.165, 1.54) is 0 Å². The lowest BCUT2D eigenvalue weighted by Gasteiger charge is -2.12. The molecular weight excluding hydrogens is 218 g/mol. The monoisotopic (exact) mass is 237 g/mol. The van der Waals surface area contributed by atoms with Gasteiger partial charge in [-0.15, -0.1) is 0 Å². The molecule has 1 aromatic carbocycles. The van der Waals surface area contributed by atoms with Crippen LogP contribution in [0.5, 0.6) is 5.75 Å². The van der Waals surface area contributed by atoms with Crippen molar-refractivity contribution in [2.24, 2.45) is 5.92 Å². The van der Waals surface area contributed by atoms with Crippen LogP contribution < -0.4 is 10.1 Å². The van der Waals surface area contributed by atoms with Crippen LogP contribution in [0.15, 0.2) is 24.3 Å². The largest absolute Gasteiger partial charge is 0.496 e. The smallest absolute Gasteiger partial charge is 0.307 e. The third-order valence-electron chi connectivity index (χ3n) is 2.74. The number of nitrogens with one attached hydrogen (secondary N) is 1. The van der Waals surface area contributed by atoms with E-state index in [1.807, 2.05) is 31.2 Å². The van der Waals surface area contributed by atoms with Crippen molar-refractivity contribution in [1.82, 2.24) is 5.32 Å². The van der Waals surface area contributed by atoms with Gasteiger partial charge in [0.25, 0.3) is 0 Å². The molecule has 1 atom stereocenters. The maximum absolute atomic E-state index is 10.8. The van der Waals surface area contributed by atoms with Crippen molar-refractivity contribution >= 4 is 5.97 Å². The fourth-order valence-corrected chi connectivity index (χ4v) is 1.64. The molecule has 0 saturated carbocycles. The van der Waals surface area contributed by atoms with Gasteiger partial charge < -0.3 is 15.2 Å². The molecular formula is C13H19NO3. The number of hydrogen-bond donors (Lipinski definition) is 2. The van der Waals surface area contributed by atoms with E-state index in [2.05, 4.69) is 5.32 Å². The number of hydrogen-bond acceptors (Lipinski definition) is 3. The van der Waals surface area contributed by atoms with Crippen molar-refractivity contribution in [1.29, 1.82) is 0 Å². The molecule has 17 heavy (non-hydrogen) atoms. The van der Waals surface area contributed by atoms with Gasteiger partial charge in [-0.25, -0.2) is 0 Å². The number of aliphatic carboxylic acids is 1. The standard InChI is InChI=1S/C13H19NO3/c1-3-10(13(15)16)8-14-9-11-6-4-5-7-12(11)17-2/h4-7,10,14H,3,8-9H2,1-2H3,(H,15,16). The van der Waals surface area contributed by atoms with Crippen LogP contribution in [-0.4, -0.2) is 24.7 Å². The van der Waals surface area contributed by atoms with Gasteiger partial charge in [0.1, 0.15) is 5.75 Å². The summed E-state index contributed by atoms with van der Waals surface area (Å²) in [5.74, 6) is -0.256. The summed E-state index contributed by atoms with van der Waals surface area (Å²) in [6.45, 7) is 2.97. The Balaban J connectivity index is 2.47. The molecule has 0 aromatic heterocycles. The van der Waals surface area contributed by atoms with Crippen molar-refractivity contribution in [2.75, 3.05) is 13.7 Å². The minimum atomic E-state index is -0.750. The molecule has 0 saturated heterocycles. The molecule has 0 amide bonds. The van der Waals surface area contributed by atoms with Gasteiger partial charge in [-0.05, 0) is 12.5 Å². The zero-order valence-electron chi connectivity index (χ0n) is 10.3. The second-order valence-corrected chi connectivity index (χ2v) is 3.89. The SMILES string of the molecule is CCC(CNCc1ccccc1OC)C(=O)O. The molecule has 0 spiro atoms. The van der Waals surface area contributed by atoms with Crippen LogP contribution in [0.2, 0.25) is 0 Å². The molecule has 0 aliphatic carbocycles. The van der Waals surface area contributed by atoms with Crippen molar-refractivity contribution in [3.63, 3.8) is 0 Å². The first-order valence-electron chi connectivity index (χ1n) is 5.74. The van der Waals surface area contributed by atoms with Crippen LogP contribution >= 0.6 is 0 Å². The summed E-state index contributed by atoms with van der Waals surface area (Å²) < 4.78 is 5.22. The minimum Gasteiger partial charge on any atom is -0.496 e. The zero-order chi connectivity index (χ0) is 12.7. The van der Waals surface area contributed by atoms with E-state index in [9.17, 15) is 4.79 Å². The molecule has 1 rings (SSSR count). The van der Waals surface area contributed by atoms with Gasteiger partial charge in [0.2, 0.25) is 0 Å². The lowest BCUT2D eigenvalue weighted by atomic mass is 10.1. The highest BCUT2D eigenvalue weighted by Gasteiger charge is 2.14. The average molecular weight is 237 g/mol. The van der Waals surface area contributed by atoms with Gasteiger partial charge in [0.05, 0.1) is 13.0 Å². The second-order valence-electron chi connectivity index (χ2n) is 3.89. The first-order chi connectivity index (χ1) is 8.19. The quantitative estimate of drug-likeness (QED) is 0.760. The van der Waals surface area contributed by atoms with Gasteiger partial charge in [-0.2, -0.15) is 0 Å². The Kier molecular flexibility index (Phi) is 5.49. The van der Waals surface area contributed by atoms with Crippen molar-refractivity contribution < 1.29 is 14.6 Å². The number of methoxy groups -OCH3 is 1. The van der Waals surface area contributed by atoms with Crippen LogP contribution in [0.4, 0.5) is 0 Å². The maximum Gasteiger partial charge on any atom is 0.307 e. The molecule has 0 bridgehead atoms. The predicted octanol–water partition coefficient (Wildman–Crippen LogP) is 1.90. The molecule has 1 unspecified atom stereocenters. The number of rotatable bonds is 7. The highest BCUT2D eigenvalue weighted by Crippen LogP contribution is 2.16. The van der Waals surface area contributed by atoms with E-state index in [0.29, 0.717) is 19.5 Å². The van der Waals surface area contributed by atoms with Crippen LogP contribution in [0.25, 0.3) is 0 Å². The number of para-hydroxylation sites is 1. The third-order valence-corrected chi connectivity index (χ3v) is 2.74. The summed E-state index contributed by atoms with van der Waals surface area (Å²) in [5.41, 5.74) is 1.04. The Morgan fingerprint density at radius 3 is 2.76 bits per heavy atom. The van der Waals surface area contributed by atoms with Crippen LogP contribution in [0.1, 0.15) is 18.9 Å². The number of carbonyl (C=O) groups is 1. The van der Waals surface area contributed by atoms with E-state index in [1.54, 1.807) is 7.11 Å². The van der Waals surface area contributed by atoms with Gasteiger partial charge in [-0.3, -0.25) is 4.79 Å². The average Bonchev–Trinajstić information content (AvgIpc) is 2.34. The summed E-state index contributed by atoms with van der Waals surface area (Å²) in [5, 5.41) is 12.1. The van der Waals surface area contributed by atoms with Crippen LogP contribution in [0.3, 0.4) is 0 Å². The first kappa shape index (κ1) is 13.5. The number of carboxylic acids is 1. The summed E-state index contributed by atoms with van der Waals surface area (Å²) in [7, 11) is 1.63. The van der Waals surface area contributed by atoms with Gasteiger partial charge in [0, 0.05) is 18.7 Å². The molecule has 94 valence electrons. The number of benzene rings is 1. The molecule has 0 heterocycles. The van der Waals surface area contributed by atoms with Crippen LogP contribution in [-0.2, 0) is 11.3 Å². The fraction of sp³-hybridized carbons (Fsp3) is 0.462. The second kappa shape index (κ2) is 6.91. The molecule has 0 radical (unpaired) electrons. The summed E-state index contributed by atoms with van der Waals surface area (Å²) in [4.78, 5) is 10.8. The van der Waals surface area contributed by atoms with E-state index >= 15 is 0 Å². The van der Waals surface area contributed by atoms with E-state index < -0.39 is 5.97 Å². The van der Waals surface area contributed by atoms with Crippen molar-refractivity contribution in [2.45, 2.75) is 19.9 Å². The minimum absolute atomic E-state index is 0.329. The Morgan fingerprint density at radius 1 is 1.47 bits per heavy atom. The van der Waals surface area contributed by atoms with Gasteiger partial charge in [-0.1, -0.05) is 25.1 Å². The predicted molar refractivity (Wildman–Crippen MR) is 66.1 cm³/mol. The molecule has 1 aromatic rings. The molecule has 2 N–H and O–H groups in total.